The first-order chi connectivity index (χ1) is 5.36. The number of rotatable bonds is 0. The van der Waals surface area contributed by atoms with Gasteiger partial charge >= 0.3 is 5.69 Å². The van der Waals surface area contributed by atoms with E-state index in [4.69, 9.17) is 0 Å². The lowest BCUT2D eigenvalue weighted by molar-refractivity contribution is 0.812. The molecule has 0 bridgehead atoms. The largest absolute Gasteiger partial charge is 0.345 e. The molecular weight excluding hydrogens is 160 g/mol. The van der Waals surface area contributed by atoms with Crippen molar-refractivity contribution in [2.45, 2.75) is 17.7 Å². The highest BCUT2D eigenvalue weighted by atomic mass is 32.2. The van der Waals surface area contributed by atoms with Crippen LogP contribution in [0.3, 0.4) is 0 Å². The van der Waals surface area contributed by atoms with Crippen molar-refractivity contribution in [3.8, 4) is 0 Å². The van der Waals surface area contributed by atoms with Gasteiger partial charge in [-0.25, -0.2) is 9.78 Å². The van der Waals surface area contributed by atoms with Crippen molar-refractivity contribution in [2.75, 3.05) is 5.75 Å². The van der Waals surface area contributed by atoms with Crippen molar-refractivity contribution in [1.82, 2.24) is 9.97 Å². The van der Waals surface area contributed by atoms with Gasteiger partial charge in [0, 0.05) is 16.8 Å². The molecule has 4 heteroatoms. The Balaban J connectivity index is 2.51. The Kier molecular flexibility index (Phi) is 1.69. The van der Waals surface area contributed by atoms with E-state index < -0.39 is 0 Å². The summed E-state index contributed by atoms with van der Waals surface area (Å²) in [6.07, 6.45) is 3.80. The normalized spacial score (nSPS) is 16.0. The monoisotopic (exact) mass is 168 g/mol. The average Bonchev–Trinajstić information content (AvgIpc) is 2.04. The van der Waals surface area contributed by atoms with E-state index in [1.54, 1.807) is 18.0 Å². The Hall–Kier alpha value is -0.770. The van der Waals surface area contributed by atoms with Crippen molar-refractivity contribution in [2.24, 2.45) is 0 Å². The number of nitrogens with one attached hydrogen (secondary N) is 1. The molecule has 1 N–H and O–H groups in total. The average molecular weight is 168 g/mol. The van der Waals surface area contributed by atoms with Crippen LogP contribution in [-0.2, 0) is 6.42 Å². The number of aromatic amines is 1. The van der Waals surface area contributed by atoms with Gasteiger partial charge in [-0.05, 0) is 18.6 Å². The van der Waals surface area contributed by atoms with Crippen LogP contribution in [0.25, 0.3) is 0 Å². The third-order valence-electron chi connectivity index (χ3n) is 1.68. The van der Waals surface area contributed by atoms with Crippen LogP contribution in [0.1, 0.15) is 12.1 Å². The molecule has 0 aliphatic carbocycles. The highest BCUT2D eigenvalue weighted by Gasteiger charge is 2.09. The van der Waals surface area contributed by atoms with Crippen LogP contribution < -0.4 is 5.69 Å². The molecule has 0 atom stereocenters. The Labute approximate surface area is 68.2 Å². The fourth-order valence-electron chi connectivity index (χ4n) is 1.16. The molecule has 0 aromatic carbocycles. The molecule has 2 heterocycles. The van der Waals surface area contributed by atoms with E-state index in [-0.39, 0.29) is 5.69 Å². The Morgan fingerprint density at radius 1 is 1.64 bits per heavy atom. The van der Waals surface area contributed by atoms with E-state index in [1.807, 2.05) is 0 Å². The molecule has 0 saturated carbocycles. The van der Waals surface area contributed by atoms with E-state index in [0.29, 0.717) is 0 Å². The standard InChI is InChI=1S/C7H8N2OS/c10-7-8-4-6-5(9-7)2-1-3-11-6/h4H,1-3H2,(H,8,9,10). The molecule has 58 valence electrons. The molecule has 2 rings (SSSR count). The van der Waals surface area contributed by atoms with Gasteiger partial charge in [0.05, 0.1) is 0 Å². The highest BCUT2D eigenvalue weighted by molar-refractivity contribution is 7.99. The number of thioether (sulfide) groups is 1. The minimum absolute atomic E-state index is 0.230. The number of fused-ring (bicyclic) bond motifs is 1. The Bertz CT molecular complexity index is 320. The maximum atomic E-state index is 10.8. The summed E-state index contributed by atoms with van der Waals surface area (Å²) in [4.78, 5) is 18.3. The quantitative estimate of drug-likeness (QED) is 0.623. The summed E-state index contributed by atoms with van der Waals surface area (Å²) in [6.45, 7) is 0. The zero-order valence-corrected chi connectivity index (χ0v) is 6.78. The first-order valence-electron chi connectivity index (χ1n) is 3.57. The number of aromatic nitrogens is 2. The van der Waals surface area contributed by atoms with E-state index >= 15 is 0 Å². The van der Waals surface area contributed by atoms with Crippen molar-refractivity contribution >= 4 is 11.8 Å². The van der Waals surface area contributed by atoms with E-state index in [9.17, 15) is 4.79 Å². The van der Waals surface area contributed by atoms with Crippen LogP contribution in [0.4, 0.5) is 0 Å². The SMILES string of the molecule is O=c1ncc2c([nH]1)CCCS2. The first-order valence-corrected chi connectivity index (χ1v) is 4.56. The van der Waals surface area contributed by atoms with Gasteiger partial charge in [-0.3, -0.25) is 0 Å². The van der Waals surface area contributed by atoms with Crippen LogP contribution in [0.5, 0.6) is 0 Å². The summed E-state index contributed by atoms with van der Waals surface area (Å²) in [6, 6.07) is 0. The lowest BCUT2D eigenvalue weighted by Gasteiger charge is -2.12. The van der Waals surface area contributed by atoms with Gasteiger partial charge in [-0.2, -0.15) is 0 Å². The molecule has 1 aromatic rings. The molecule has 0 amide bonds. The highest BCUT2D eigenvalue weighted by Crippen LogP contribution is 2.26. The van der Waals surface area contributed by atoms with Crippen LogP contribution in [-0.4, -0.2) is 15.7 Å². The smallest absolute Gasteiger partial charge is 0.309 e. The second-order valence-corrected chi connectivity index (χ2v) is 3.62. The maximum absolute atomic E-state index is 10.8. The lowest BCUT2D eigenvalue weighted by Crippen LogP contribution is -2.15. The lowest BCUT2D eigenvalue weighted by atomic mass is 10.2. The zero-order chi connectivity index (χ0) is 7.68. The number of H-pyrrole nitrogens is 1. The summed E-state index contributed by atoms with van der Waals surface area (Å²) < 4.78 is 0. The fraction of sp³-hybridized carbons (Fsp3) is 0.429. The maximum Gasteiger partial charge on any atom is 0.345 e. The molecule has 0 spiro atoms. The van der Waals surface area contributed by atoms with Crippen LogP contribution >= 0.6 is 11.8 Å². The van der Waals surface area contributed by atoms with E-state index in [0.717, 1.165) is 29.2 Å². The summed E-state index contributed by atoms with van der Waals surface area (Å²) in [5, 5.41) is 0. The second-order valence-electron chi connectivity index (χ2n) is 2.48. The molecule has 0 saturated heterocycles. The van der Waals surface area contributed by atoms with Gasteiger partial charge in [0.1, 0.15) is 0 Å². The molecule has 1 aliphatic heterocycles. The third kappa shape index (κ3) is 1.30. The number of hydrogen-bond acceptors (Lipinski definition) is 3. The van der Waals surface area contributed by atoms with Gasteiger partial charge in [-0.1, -0.05) is 0 Å². The van der Waals surface area contributed by atoms with Crippen LogP contribution in [0.2, 0.25) is 0 Å². The van der Waals surface area contributed by atoms with Crippen LogP contribution in [0.15, 0.2) is 15.9 Å². The molecule has 0 unspecified atom stereocenters. The Morgan fingerprint density at radius 2 is 2.55 bits per heavy atom. The molecule has 11 heavy (non-hydrogen) atoms. The summed E-state index contributed by atoms with van der Waals surface area (Å²) in [5.41, 5.74) is 0.826. The predicted octanol–water partition coefficient (Wildman–Crippen LogP) is 0.808. The topological polar surface area (TPSA) is 45.8 Å². The van der Waals surface area contributed by atoms with Crippen molar-refractivity contribution < 1.29 is 0 Å². The molecule has 0 fully saturated rings. The van der Waals surface area contributed by atoms with E-state index in [2.05, 4.69) is 9.97 Å². The van der Waals surface area contributed by atoms with E-state index in [1.165, 1.54) is 0 Å². The van der Waals surface area contributed by atoms with Gasteiger partial charge < -0.3 is 4.98 Å². The molecular formula is C7H8N2OS. The number of hydrogen-bond donors (Lipinski definition) is 1. The molecule has 1 aliphatic rings. The number of aryl methyl sites for hydroxylation is 1. The second kappa shape index (κ2) is 2.70. The minimum Gasteiger partial charge on any atom is -0.309 e. The summed E-state index contributed by atoms with van der Waals surface area (Å²) >= 11 is 1.76. The van der Waals surface area contributed by atoms with Gasteiger partial charge in [0.2, 0.25) is 0 Å². The number of nitrogens with zero attached hydrogens (tertiary/aromatic N) is 1. The molecule has 3 nitrogen and oxygen atoms in total. The van der Waals surface area contributed by atoms with Gasteiger partial charge in [0.25, 0.3) is 0 Å². The first kappa shape index (κ1) is 6.91. The summed E-state index contributed by atoms with van der Waals surface area (Å²) in [5.74, 6) is 1.14. The van der Waals surface area contributed by atoms with Gasteiger partial charge in [-0.15, -0.1) is 11.8 Å². The minimum atomic E-state index is -0.230. The fourth-order valence-corrected chi connectivity index (χ4v) is 2.12. The van der Waals surface area contributed by atoms with Crippen molar-refractivity contribution in [1.29, 1.82) is 0 Å². The molecule has 1 aromatic heterocycles. The van der Waals surface area contributed by atoms with Crippen molar-refractivity contribution in [3.05, 3.63) is 22.4 Å². The van der Waals surface area contributed by atoms with Crippen molar-refractivity contribution in [3.63, 3.8) is 0 Å². The predicted molar refractivity (Wildman–Crippen MR) is 43.9 cm³/mol. The Morgan fingerprint density at radius 3 is 3.45 bits per heavy atom. The molecule has 0 radical (unpaired) electrons. The van der Waals surface area contributed by atoms with Crippen LogP contribution in [0, 0.1) is 0 Å². The van der Waals surface area contributed by atoms with Gasteiger partial charge in [0.15, 0.2) is 0 Å². The zero-order valence-electron chi connectivity index (χ0n) is 5.96. The summed E-state index contributed by atoms with van der Waals surface area (Å²) in [7, 11) is 0. The third-order valence-corrected chi connectivity index (χ3v) is 2.84.